The number of hydrogen-bond acceptors (Lipinski definition) is 4. The van der Waals surface area contributed by atoms with E-state index in [0.29, 0.717) is 12.0 Å². The molecule has 2 rings (SSSR count). The van der Waals surface area contributed by atoms with Gasteiger partial charge in [0.25, 0.3) is 0 Å². The number of hydrogen-bond donors (Lipinski definition) is 1. The molecular formula is C12H22N4O. The van der Waals surface area contributed by atoms with Crippen LogP contribution >= 0.6 is 0 Å². The Hall–Kier alpha value is -0.940. The quantitative estimate of drug-likeness (QED) is 0.864. The molecule has 17 heavy (non-hydrogen) atoms. The smallest absolute Gasteiger partial charge is 0.144 e. The maximum absolute atomic E-state index is 5.57. The first-order chi connectivity index (χ1) is 8.24. The fourth-order valence-electron chi connectivity index (χ4n) is 2.48. The first-order valence-electron chi connectivity index (χ1n) is 6.38. The van der Waals surface area contributed by atoms with Crippen molar-refractivity contribution in [2.75, 3.05) is 20.3 Å². The molecule has 1 aliphatic heterocycles. The molecule has 0 saturated carbocycles. The third-order valence-corrected chi connectivity index (χ3v) is 3.35. The highest BCUT2D eigenvalue weighted by Gasteiger charge is 2.28. The third kappa shape index (κ3) is 2.66. The van der Waals surface area contributed by atoms with Gasteiger partial charge in [-0.15, -0.1) is 0 Å². The Morgan fingerprint density at radius 3 is 2.94 bits per heavy atom. The lowest BCUT2D eigenvalue weighted by molar-refractivity contribution is 0.0380. The first-order valence-corrected chi connectivity index (χ1v) is 6.38. The van der Waals surface area contributed by atoms with E-state index in [1.165, 1.54) is 6.42 Å². The number of aromatic nitrogens is 3. The van der Waals surface area contributed by atoms with Crippen molar-refractivity contribution in [3.05, 3.63) is 12.2 Å². The Morgan fingerprint density at radius 2 is 2.35 bits per heavy atom. The van der Waals surface area contributed by atoms with E-state index in [1.807, 2.05) is 11.7 Å². The zero-order chi connectivity index (χ0) is 12.3. The van der Waals surface area contributed by atoms with Gasteiger partial charge in [-0.2, -0.15) is 5.10 Å². The molecule has 96 valence electrons. The van der Waals surface area contributed by atoms with Gasteiger partial charge in [-0.25, -0.2) is 9.67 Å². The molecule has 2 heterocycles. The van der Waals surface area contributed by atoms with Crippen molar-refractivity contribution in [1.29, 1.82) is 0 Å². The van der Waals surface area contributed by atoms with Gasteiger partial charge in [0.15, 0.2) is 0 Å². The average molecular weight is 238 g/mol. The molecule has 1 aliphatic rings. The normalized spacial score (nSPS) is 22.9. The SMILES string of the molecule is CNC(c1ncnn1C(C)C)C1CCCOC1. The number of nitrogens with one attached hydrogen (secondary N) is 1. The van der Waals surface area contributed by atoms with Crippen molar-refractivity contribution in [3.8, 4) is 0 Å². The van der Waals surface area contributed by atoms with Crippen molar-refractivity contribution in [2.24, 2.45) is 5.92 Å². The molecular weight excluding hydrogens is 216 g/mol. The standard InChI is InChI=1S/C12H22N4O/c1-9(2)16-12(14-8-15-16)11(13-3)10-5-4-6-17-7-10/h8-11,13H,4-7H2,1-3H3. The molecule has 0 radical (unpaired) electrons. The summed E-state index contributed by atoms with van der Waals surface area (Å²) < 4.78 is 7.56. The van der Waals surface area contributed by atoms with Crippen molar-refractivity contribution < 1.29 is 4.74 Å². The van der Waals surface area contributed by atoms with Crippen LogP contribution in [0.3, 0.4) is 0 Å². The summed E-state index contributed by atoms with van der Waals surface area (Å²) in [7, 11) is 1.98. The van der Waals surface area contributed by atoms with Gasteiger partial charge >= 0.3 is 0 Å². The Bertz CT molecular complexity index is 344. The summed E-state index contributed by atoms with van der Waals surface area (Å²) in [5.41, 5.74) is 0. The lowest BCUT2D eigenvalue weighted by Crippen LogP contribution is -2.33. The molecule has 1 fully saturated rings. The fraction of sp³-hybridized carbons (Fsp3) is 0.833. The van der Waals surface area contributed by atoms with Crippen LogP contribution in [0.25, 0.3) is 0 Å². The van der Waals surface area contributed by atoms with Crippen LogP contribution in [-0.4, -0.2) is 35.0 Å². The minimum absolute atomic E-state index is 0.236. The van der Waals surface area contributed by atoms with Crippen LogP contribution < -0.4 is 5.32 Å². The summed E-state index contributed by atoms with van der Waals surface area (Å²) in [5.74, 6) is 1.52. The Kier molecular flexibility index (Phi) is 4.12. The average Bonchev–Trinajstić information content (AvgIpc) is 2.81. The Morgan fingerprint density at radius 1 is 1.53 bits per heavy atom. The van der Waals surface area contributed by atoms with E-state index in [9.17, 15) is 0 Å². The van der Waals surface area contributed by atoms with Crippen LogP contribution in [-0.2, 0) is 4.74 Å². The first kappa shape index (κ1) is 12.5. The molecule has 0 aromatic carbocycles. The molecule has 5 heteroatoms. The van der Waals surface area contributed by atoms with Crippen LogP contribution in [0, 0.1) is 5.92 Å². The van der Waals surface area contributed by atoms with Gasteiger partial charge in [0.2, 0.25) is 0 Å². The van der Waals surface area contributed by atoms with E-state index >= 15 is 0 Å². The van der Waals surface area contributed by atoms with E-state index in [1.54, 1.807) is 6.33 Å². The van der Waals surface area contributed by atoms with Gasteiger partial charge in [0, 0.05) is 18.6 Å². The van der Waals surface area contributed by atoms with Crippen molar-refractivity contribution in [2.45, 2.75) is 38.8 Å². The maximum atomic E-state index is 5.57. The lowest BCUT2D eigenvalue weighted by atomic mass is 9.93. The van der Waals surface area contributed by atoms with Crippen LogP contribution in [0.15, 0.2) is 6.33 Å². The molecule has 1 saturated heterocycles. The van der Waals surface area contributed by atoms with E-state index in [0.717, 1.165) is 25.5 Å². The lowest BCUT2D eigenvalue weighted by Gasteiger charge is -2.30. The zero-order valence-electron chi connectivity index (χ0n) is 10.9. The van der Waals surface area contributed by atoms with E-state index in [-0.39, 0.29) is 6.04 Å². The molecule has 1 aromatic rings. The van der Waals surface area contributed by atoms with Crippen LogP contribution in [0.2, 0.25) is 0 Å². The molecule has 2 atom stereocenters. The molecule has 2 unspecified atom stereocenters. The van der Waals surface area contributed by atoms with Crippen LogP contribution in [0.5, 0.6) is 0 Å². The zero-order valence-corrected chi connectivity index (χ0v) is 10.9. The van der Waals surface area contributed by atoms with Gasteiger partial charge in [0.05, 0.1) is 12.6 Å². The largest absolute Gasteiger partial charge is 0.381 e. The predicted molar refractivity (Wildman–Crippen MR) is 65.8 cm³/mol. The summed E-state index contributed by atoms with van der Waals surface area (Å²) in [4.78, 5) is 4.42. The summed E-state index contributed by atoms with van der Waals surface area (Å²) in [6, 6.07) is 0.577. The fourth-order valence-corrected chi connectivity index (χ4v) is 2.48. The highest BCUT2D eigenvalue weighted by molar-refractivity contribution is 4.99. The molecule has 1 aromatic heterocycles. The topological polar surface area (TPSA) is 52.0 Å². The minimum Gasteiger partial charge on any atom is -0.381 e. The Balaban J connectivity index is 2.18. The monoisotopic (exact) mass is 238 g/mol. The number of rotatable bonds is 4. The van der Waals surface area contributed by atoms with Gasteiger partial charge in [-0.05, 0) is 33.7 Å². The van der Waals surface area contributed by atoms with Crippen LogP contribution in [0.1, 0.15) is 44.6 Å². The summed E-state index contributed by atoms with van der Waals surface area (Å²) in [5, 5.41) is 7.67. The molecule has 0 spiro atoms. The van der Waals surface area contributed by atoms with Crippen molar-refractivity contribution in [1.82, 2.24) is 20.1 Å². The molecule has 0 amide bonds. The maximum Gasteiger partial charge on any atom is 0.144 e. The summed E-state index contributed by atoms with van der Waals surface area (Å²) >= 11 is 0. The van der Waals surface area contributed by atoms with Gasteiger partial charge in [0.1, 0.15) is 12.2 Å². The van der Waals surface area contributed by atoms with Gasteiger partial charge in [-0.1, -0.05) is 0 Å². The van der Waals surface area contributed by atoms with Gasteiger partial charge in [-0.3, -0.25) is 0 Å². The summed E-state index contributed by atoms with van der Waals surface area (Å²) in [6.07, 6.45) is 3.97. The van der Waals surface area contributed by atoms with E-state index in [2.05, 4.69) is 29.2 Å². The second-order valence-electron chi connectivity index (χ2n) is 4.90. The Labute approximate surface area is 103 Å². The van der Waals surface area contributed by atoms with Crippen molar-refractivity contribution in [3.63, 3.8) is 0 Å². The second kappa shape index (κ2) is 5.60. The summed E-state index contributed by atoms with van der Waals surface area (Å²) in [6.45, 7) is 5.96. The highest BCUT2D eigenvalue weighted by Crippen LogP contribution is 2.28. The molecule has 0 bridgehead atoms. The molecule has 5 nitrogen and oxygen atoms in total. The van der Waals surface area contributed by atoms with E-state index < -0.39 is 0 Å². The van der Waals surface area contributed by atoms with Gasteiger partial charge < -0.3 is 10.1 Å². The predicted octanol–water partition coefficient (Wildman–Crippen LogP) is 1.55. The second-order valence-corrected chi connectivity index (χ2v) is 4.90. The van der Waals surface area contributed by atoms with Crippen molar-refractivity contribution >= 4 is 0 Å². The van der Waals surface area contributed by atoms with Crippen LogP contribution in [0.4, 0.5) is 0 Å². The van der Waals surface area contributed by atoms with E-state index in [4.69, 9.17) is 4.74 Å². The highest BCUT2D eigenvalue weighted by atomic mass is 16.5. The molecule has 1 N–H and O–H groups in total. The number of ether oxygens (including phenoxy) is 1. The third-order valence-electron chi connectivity index (χ3n) is 3.35. The molecule has 0 aliphatic carbocycles. The minimum atomic E-state index is 0.236. The number of nitrogens with zero attached hydrogens (tertiary/aromatic N) is 3.